The minimum atomic E-state index is -1.50. The first-order valence-electron chi connectivity index (χ1n) is 15.4. The van der Waals surface area contributed by atoms with E-state index in [1.165, 1.54) is 36.5 Å². The first-order chi connectivity index (χ1) is 21.6. The van der Waals surface area contributed by atoms with Gasteiger partial charge in [0.25, 0.3) is 0 Å². The van der Waals surface area contributed by atoms with Crippen molar-refractivity contribution in [3.05, 3.63) is 139 Å². The summed E-state index contributed by atoms with van der Waals surface area (Å²) in [5.41, 5.74) is 7.36. The molecule has 45 heavy (non-hydrogen) atoms. The van der Waals surface area contributed by atoms with Crippen molar-refractivity contribution in [2.24, 2.45) is 0 Å². The quantitative estimate of drug-likeness (QED) is 0.128. The van der Waals surface area contributed by atoms with Crippen LogP contribution in [0.25, 0.3) is 53.8 Å². The number of hydrogen-bond donors (Lipinski definition) is 0. The van der Waals surface area contributed by atoms with Crippen LogP contribution in [0.5, 0.6) is 0 Å². The van der Waals surface area contributed by atoms with Crippen LogP contribution in [0.15, 0.2) is 122 Å². The van der Waals surface area contributed by atoms with E-state index in [1.54, 1.807) is 0 Å². The zero-order valence-corrected chi connectivity index (χ0v) is 30.4. The standard InChI is InChI=1S/C23H14NS.C17H22NSi.Ir/c1-2-6-16(7-3-1)17-12-13-24-21(14-17)18-10-11-20-19-8-4-5-9-22(19)25-23(20)15-18;1-13(2)15-11-16(14-9-7-6-8-10-14)18-12-17(15)19(3,4)5;/h1-9,11-15H;6-9,11-13H,1-5H3;/q2*-1;/i;13D;. The average molecular weight is 798 g/mol. The molecule has 2 nitrogen and oxygen atoms in total. The third kappa shape index (κ3) is 7.40. The van der Waals surface area contributed by atoms with E-state index < -0.39 is 14.0 Å². The largest absolute Gasteiger partial charge is 0.305 e. The van der Waals surface area contributed by atoms with Crippen LogP contribution in [-0.4, -0.2) is 18.0 Å². The number of aromatic nitrogens is 2. The van der Waals surface area contributed by atoms with Crippen LogP contribution in [0.1, 0.15) is 26.7 Å². The summed E-state index contributed by atoms with van der Waals surface area (Å²) < 4.78 is 11.0. The maximum absolute atomic E-state index is 8.44. The van der Waals surface area contributed by atoms with E-state index in [0.29, 0.717) is 0 Å². The summed E-state index contributed by atoms with van der Waals surface area (Å²) in [6, 6.07) is 44.0. The van der Waals surface area contributed by atoms with Crippen LogP contribution in [-0.2, 0) is 20.1 Å². The van der Waals surface area contributed by atoms with E-state index in [0.717, 1.165) is 28.1 Å². The Morgan fingerprint density at radius 2 is 1.44 bits per heavy atom. The normalized spacial score (nSPS) is 11.8. The molecule has 7 rings (SSSR count). The molecular weight excluding hydrogens is 761 g/mol. The minimum absolute atomic E-state index is 0. The van der Waals surface area contributed by atoms with Gasteiger partial charge in [0.05, 0.1) is 8.07 Å². The molecule has 0 aliphatic heterocycles. The number of benzene rings is 4. The third-order valence-electron chi connectivity index (χ3n) is 7.69. The molecule has 0 saturated heterocycles. The number of thiophene rings is 1. The fraction of sp³-hybridized carbons (Fsp3) is 0.150. The Morgan fingerprint density at radius 3 is 2.18 bits per heavy atom. The van der Waals surface area contributed by atoms with Crippen LogP contribution in [0.4, 0.5) is 0 Å². The maximum atomic E-state index is 8.44. The number of rotatable bonds is 5. The van der Waals surface area contributed by atoms with Gasteiger partial charge in [-0.2, -0.15) is 11.3 Å². The van der Waals surface area contributed by atoms with Gasteiger partial charge in [-0.15, -0.1) is 59.7 Å². The second kappa shape index (κ2) is 14.1. The summed E-state index contributed by atoms with van der Waals surface area (Å²) in [4.78, 5) is 9.18. The van der Waals surface area contributed by atoms with Crippen molar-refractivity contribution in [3.8, 4) is 33.6 Å². The number of nitrogens with zero attached hydrogens (tertiary/aromatic N) is 2. The van der Waals surface area contributed by atoms with Crippen molar-refractivity contribution >= 4 is 44.8 Å². The molecule has 1 radical (unpaired) electrons. The third-order valence-corrected chi connectivity index (χ3v) is 10.8. The second-order valence-electron chi connectivity index (χ2n) is 12.2. The molecule has 0 saturated carbocycles. The molecular formula is C40H36IrN2SSi-2. The van der Waals surface area contributed by atoms with Crippen LogP contribution < -0.4 is 5.19 Å². The molecule has 7 aromatic rings. The predicted molar refractivity (Wildman–Crippen MR) is 192 cm³/mol. The SMILES string of the molecule is [2H]C(C)(C)c1cc(-c2[c-]cccc2)ncc1[Si](C)(C)C.[Ir].[c-]1cc2c(cc1-c1cc(-c3ccccc3)ccn1)sc1ccccc12. The first-order valence-corrected chi connectivity index (χ1v) is 19.2. The maximum Gasteiger partial charge on any atom is 0.0799 e. The predicted octanol–water partition coefficient (Wildman–Crippen LogP) is 10.8. The van der Waals surface area contributed by atoms with Gasteiger partial charge in [-0.3, -0.25) is 0 Å². The van der Waals surface area contributed by atoms with Gasteiger partial charge in [-0.05, 0) is 55.8 Å². The van der Waals surface area contributed by atoms with Gasteiger partial charge < -0.3 is 9.97 Å². The Balaban J connectivity index is 0.000000182. The van der Waals surface area contributed by atoms with Gasteiger partial charge in [-0.25, -0.2) is 0 Å². The zero-order valence-electron chi connectivity index (χ0n) is 27.2. The molecule has 3 heterocycles. The average Bonchev–Trinajstić information content (AvgIpc) is 3.43. The van der Waals surface area contributed by atoms with E-state index >= 15 is 0 Å². The molecule has 5 heteroatoms. The number of hydrogen-bond acceptors (Lipinski definition) is 3. The summed E-state index contributed by atoms with van der Waals surface area (Å²) in [6.07, 6.45) is 3.86. The second-order valence-corrected chi connectivity index (χ2v) is 18.3. The molecule has 0 amide bonds. The van der Waals surface area contributed by atoms with Crippen LogP contribution in [0.2, 0.25) is 19.6 Å². The Kier molecular flexibility index (Phi) is 9.82. The molecule has 3 aromatic heterocycles. The molecule has 0 N–H and O–H groups in total. The zero-order chi connectivity index (χ0) is 31.6. The Bertz CT molecular complexity index is 2080. The van der Waals surface area contributed by atoms with Crippen LogP contribution in [0, 0.1) is 12.1 Å². The molecule has 0 bridgehead atoms. The first kappa shape index (κ1) is 31.3. The van der Waals surface area contributed by atoms with Crippen LogP contribution in [0.3, 0.4) is 0 Å². The molecule has 0 atom stereocenters. The fourth-order valence-electron chi connectivity index (χ4n) is 5.37. The van der Waals surface area contributed by atoms with Gasteiger partial charge in [-0.1, -0.05) is 105 Å². The van der Waals surface area contributed by atoms with Crippen molar-refractivity contribution in [1.82, 2.24) is 9.97 Å². The minimum Gasteiger partial charge on any atom is -0.305 e. The van der Waals surface area contributed by atoms with Crippen molar-refractivity contribution in [3.63, 3.8) is 0 Å². The Hall–Kier alpha value is -3.73. The smallest absolute Gasteiger partial charge is 0.0799 e. The van der Waals surface area contributed by atoms with E-state index in [-0.39, 0.29) is 20.1 Å². The summed E-state index contributed by atoms with van der Waals surface area (Å²) in [5.74, 6) is -0.609. The molecule has 0 unspecified atom stereocenters. The van der Waals surface area contributed by atoms with Gasteiger partial charge in [0, 0.05) is 38.6 Å². The van der Waals surface area contributed by atoms with Crippen molar-refractivity contribution in [2.75, 3.05) is 0 Å². The molecule has 0 aliphatic rings. The van der Waals surface area contributed by atoms with E-state index in [2.05, 4.69) is 121 Å². The molecule has 0 fully saturated rings. The van der Waals surface area contributed by atoms with Gasteiger partial charge in [0.2, 0.25) is 0 Å². The van der Waals surface area contributed by atoms with Crippen molar-refractivity contribution < 1.29 is 21.5 Å². The molecule has 4 aromatic carbocycles. The van der Waals surface area contributed by atoms with Gasteiger partial charge in [0.15, 0.2) is 0 Å². The number of pyridine rings is 2. The van der Waals surface area contributed by atoms with E-state index in [9.17, 15) is 0 Å². The van der Waals surface area contributed by atoms with Crippen molar-refractivity contribution in [1.29, 1.82) is 0 Å². The van der Waals surface area contributed by atoms with Crippen LogP contribution >= 0.6 is 11.3 Å². The van der Waals surface area contributed by atoms with E-state index in [4.69, 9.17) is 1.37 Å². The monoisotopic (exact) mass is 798 g/mol. The summed E-state index contributed by atoms with van der Waals surface area (Å²) in [7, 11) is -1.50. The topological polar surface area (TPSA) is 25.8 Å². The Labute approximate surface area is 287 Å². The summed E-state index contributed by atoms with van der Waals surface area (Å²) >= 11 is 1.82. The molecule has 0 aliphatic carbocycles. The van der Waals surface area contributed by atoms with Gasteiger partial charge in [0.1, 0.15) is 0 Å². The van der Waals surface area contributed by atoms with Crippen molar-refractivity contribution in [2.45, 2.75) is 39.4 Å². The molecule has 227 valence electrons. The summed E-state index contributed by atoms with van der Waals surface area (Å²) in [5, 5.41) is 3.84. The Morgan fingerprint density at radius 1 is 0.711 bits per heavy atom. The van der Waals surface area contributed by atoms with Gasteiger partial charge >= 0.3 is 0 Å². The fourth-order valence-corrected chi connectivity index (χ4v) is 8.07. The van der Waals surface area contributed by atoms with E-state index in [1.807, 2.05) is 67.9 Å². The summed E-state index contributed by atoms with van der Waals surface area (Å²) in [6.45, 7) is 10.8. The molecule has 0 spiro atoms. The number of fused-ring (bicyclic) bond motifs is 3.